The highest BCUT2D eigenvalue weighted by molar-refractivity contribution is 7.99. The first-order chi connectivity index (χ1) is 13.2. The number of carbonyl (C=O) groups excluding carboxylic acids is 1. The maximum Gasteiger partial charge on any atom is 0.230 e. The standard InChI is InChI=1S/C20H28N4OS2/c1-3-8-17-12-15(13-26-17)19-22-23-20(24(19)11-4-2)27-14-18(25)21-16-9-6-5-7-10-16/h4,12-13,16H,2-3,5-11,14H2,1H3,(H,21,25). The van der Waals surface area contributed by atoms with Gasteiger partial charge in [0.05, 0.1) is 5.75 Å². The first-order valence-electron chi connectivity index (χ1n) is 9.75. The smallest absolute Gasteiger partial charge is 0.230 e. The molecule has 0 bridgehead atoms. The Morgan fingerprint density at radius 3 is 2.96 bits per heavy atom. The number of thioether (sulfide) groups is 1. The molecule has 2 aromatic heterocycles. The van der Waals surface area contributed by atoms with Crippen LogP contribution >= 0.6 is 23.1 Å². The summed E-state index contributed by atoms with van der Waals surface area (Å²) < 4.78 is 2.04. The molecule has 146 valence electrons. The van der Waals surface area contributed by atoms with E-state index in [0.717, 1.165) is 42.2 Å². The predicted molar refractivity (Wildman–Crippen MR) is 113 cm³/mol. The number of nitrogens with one attached hydrogen (secondary N) is 1. The van der Waals surface area contributed by atoms with Crippen molar-refractivity contribution < 1.29 is 4.79 Å². The third kappa shape index (κ3) is 5.45. The first kappa shape index (κ1) is 20.1. The SMILES string of the molecule is C=CCn1c(SCC(=O)NC2CCCCC2)nnc1-c1csc(CCC)c1. The second-order valence-electron chi connectivity index (χ2n) is 6.95. The fourth-order valence-corrected chi connectivity index (χ4v) is 5.15. The largest absolute Gasteiger partial charge is 0.353 e. The van der Waals surface area contributed by atoms with Gasteiger partial charge in [-0.1, -0.05) is 50.4 Å². The van der Waals surface area contributed by atoms with E-state index in [1.165, 1.54) is 35.9 Å². The van der Waals surface area contributed by atoms with E-state index in [-0.39, 0.29) is 5.91 Å². The van der Waals surface area contributed by atoms with Gasteiger partial charge in [-0.05, 0) is 25.3 Å². The average Bonchev–Trinajstić information content (AvgIpc) is 3.28. The highest BCUT2D eigenvalue weighted by atomic mass is 32.2. The van der Waals surface area contributed by atoms with Gasteiger partial charge in [0.1, 0.15) is 0 Å². The van der Waals surface area contributed by atoms with Crippen molar-refractivity contribution in [1.82, 2.24) is 20.1 Å². The van der Waals surface area contributed by atoms with Crippen LogP contribution in [0, 0.1) is 0 Å². The molecular formula is C20H28N4OS2. The number of thiophene rings is 1. The normalized spacial score (nSPS) is 15.0. The first-order valence-corrected chi connectivity index (χ1v) is 11.6. The van der Waals surface area contributed by atoms with Crippen LogP contribution in [-0.2, 0) is 17.8 Å². The molecule has 1 aliphatic rings. The van der Waals surface area contributed by atoms with Crippen molar-refractivity contribution in [1.29, 1.82) is 0 Å². The molecule has 1 amide bonds. The Morgan fingerprint density at radius 2 is 2.22 bits per heavy atom. The van der Waals surface area contributed by atoms with Crippen molar-refractivity contribution in [3.8, 4) is 11.4 Å². The minimum Gasteiger partial charge on any atom is -0.353 e. The van der Waals surface area contributed by atoms with Gasteiger partial charge in [0.15, 0.2) is 11.0 Å². The van der Waals surface area contributed by atoms with Gasteiger partial charge in [-0.15, -0.1) is 28.1 Å². The molecule has 0 saturated heterocycles. The molecule has 7 heteroatoms. The molecule has 0 atom stereocenters. The van der Waals surface area contributed by atoms with Gasteiger partial charge < -0.3 is 5.32 Å². The monoisotopic (exact) mass is 404 g/mol. The van der Waals surface area contributed by atoms with Crippen LogP contribution in [0.4, 0.5) is 0 Å². The number of aryl methyl sites for hydroxylation is 1. The topological polar surface area (TPSA) is 59.8 Å². The molecule has 2 heterocycles. The fourth-order valence-electron chi connectivity index (χ4n) is 3.42. The van der Waals surface area contributed by atoms with E-state index < -0.39 is 0 Å². The van der Waals surface area contributed by atoms with Gasteiger partial charge in [0.25, 0.3) is 0 Å². The van der Waals surface area contributed by atoms with Crippen LogP contribution in [0.15, 0.2) is 29.3 Å². The summed E-state index contributed by atoms with van der Waals surface area (Å²) in [5.74, 6) is 1.31. The number of rotatable bonds is 9. The van der Waals surface area contributed by atoms with Crippen LogP contribution in [0.3, 0.4) is 0 Å². The number of amides is 1. The molecule has 1 N–H and O–H groups in total. The van der Waals surface area contributed by atoms with Gasteiger partial charge >= 0.3 is 0 Å². The Hall–Kier alpha value is -1.60. The minimum absolute atomic E-state index is 0.0855. The number of hydrogen-bond donors (Lipinski definition) is 1. The Labute approximate surface area is 169 Å². The summed E-state index contributed by atoms with van der Waals surface area (Å²) in [7, 11) is 0. The highest BCUT2D eigenvalue weighted by Gasteiger charge is 2.18. The second kappa shape index (κ2) is 10.1. The zero-order valence-corrected chi connectivity index (χ0v) is 17.6. The Bertz CT molecular complexity index is 762. The van der Waals surface area contributed by atoms with Crippen molar-refractivity contribution in [2.24, 2.45) is 0 Å². The van der Waals surface area contributed by atoms with E-state index in [1.807, 2.05) is 10.6 Å². The molecular weight excluding hydrogens is 376 g/mol. The quantitative estimate of drug-likeness (QED) is 0.487. The Morgan fingerprint density at radius 1 is 1.41 bits per heavy atom. The summed E-state index contributed by atoms with van der Waals surface area (Å²) in [6.45, 7) is 6.68. The van der Waals surface area contributed by atoms with E-state index in [4.69, 9.17) is 0 Å². The lowest BCUT2D eigenvalue weighted by molar-refractivity contribution is -0.119. The van der Waals surface area contributed by atoms with Crippen LogP contribution in [0.1, 0.15) is 50.3 Å². The van der Waals surface area contributed by atoms with Crippen LogP contribution < -0.4 is 5.32 Å². The molecule has 0 unspecified atom stereocenters. The summed E-state index contributed by atoms with van der Waals surface area (Å²) in [6.07, 6.45) is 10.00. The lowest BCUT2D eigenvalue weighted by Gasteiger charge is -2.22. The zero-order valence-electron chi connectivity index (χ0n) is 15.9. The summed E-state index contributed by atoms with van der Waals surface area (Å²) in [5.41, 5.74) is 1.09. The summed E-state index contributed by atoms with van der Waals surface area (Å²) >= 11 is 3.21. The Balaban J connectivity index is 1.65. The summed E-state index contributed by atoms with van der Waals surface area (Å²) in [5, 5.41) is 14.8. The van der Waals surface area contributed by atoms with Crippen LogP contribution in [0.25, 0.3) is 11.4 Å². The van der Waals surface area contributed by atoms with E-state index in [2.05, 4.69) is 40.5 Å². The number of carbonyl (C=O) groups is 1. The highest BCUT2D eigenvalue weighted by Crippen LogP contribution is 2.28. The van der Waals surface area contributed by atoms with Crippen LogP contribution in [-0.4, -0.2) is 32.5 Å². The van der Waals surface area contributed by atoms with Gasteiger partial charge in [0, 0.05) is 28.4 Å². The molecule has 0 aromatic carbocycles. The van der Waals surface area contributed by atoms with Gasteiger partial charge in [0.2, 0.25) is 5.91 Å². The van der Waals surface area contributed by atoms with Gasteiger partial charge in [-0.2, -0.15) is 0 Å². The van der Waals surface area contributed by atoms with Gasteiger partial charge in [-0.25, -0.2) is 0 Å². The lowest BCUT2D eigenvalue weighted by Crippen LogP contribution is -2.37. The lowest BCUT2D eigenvalue weighted by atomic mass is 9.95. The molecule has 27 heavy (non-hydrogen) atoms. The van der Waals surface area contributed by atoms with E-state index in [1.54, 1.807) is 11.3 Å². The van der Waals surface area contributed by atoms with E-state index in [0.29, 0.717) is 18.3 Å². The van der Waals surface area contributed by atoms with Crippen molar-refractivity contribution in [3.63, 3.8) is 0 Å². The maximum absolute atomic E-state index is 12.3. The minimum atomic E-state index is 0.0855. The second-order valence-corrected chi connectivity index (χ2v) is 8.89. The molecule has 1 fully saturated rings. The molecule has 0 spiro atoms. The average molecular weight is 405 g/mol. The molecule has 3 rings (SSSR count). The predicted octanol–water partition coefficient (Wildman–Crippen LogP) is 4.69. The van der Waals surface area contributed by atoms with Crippen molar-refractivity contribution >= 4 is 29.0 Å². The summed E-state index contributed by atoms with van der Waals surface area (Å²) in [6, 6.07) is 2.54. The van der Waals surface area contributed by atoms with Crippen molar-refractivity contribution in [3.05, 3.63) is 29.0 Å². The number of aromatic nitrogens is 3. The molecule has 5 nitrogen and oxygen atoms in total. The number of hydrogen-bond acceptors (Lipinski definition) is 5. The van der Waals surface area contributed by atoms with E-state index >= 15 is 0 Å². The third-order valence-corrected chi connectivity index (χ3v) is 6.70. The molecule has 0 aliphatic heterocycles. The summed E-state index contributed by atoms with van der Waals surface area (Å²) in [4.78, 5) is 13.7. The molecule has 2 aromatic rings. The number of nitrogens with zero attached hydrogens (tertiary/aromatic N) is 3. The molecule has 1 aliphatic carbocycles. The maximum atomic E-state index is 12.3. The van der Waals surface area contributed by atoms with Crippen LogP contribution in [0.2, 0.25) is 0 Å². The van der Waals surface area contributed by atoms with Crippen molar-refractivity contribution in [2.45, 2.75) is 69.6 Å². The third-order valence-electron chi connectivity index (χ3n) is 4.74. The van der Waals surface area contributed by atoms with Crippen molar-refractivity contribution in [2.75, 3.05) is 5.75 Å². The van der Waals surface area contributed by atoms with Gasteiger partial charge in [-0.3, -0.25) is 9.36 Å². The molecule has 0 radical (unpaired) electrons. The Kier molecular flexibility index (Phi) is 7.52. The van der Waals surface area contributed by atoms with Crippen LogP contribution in [0.5, 0.6) is 0 Å². The molecule has 1 saturated carbocycles. The number of allylic oxidation sites excluding steroid dienone is 1. The zero-order chi connectivity index (χ0) is 19.1. The van der Waals surface area contributed by atoms with E-state index in [9.17, 15) is 4.79 Å². The fraction of sp³-hybridized carbons (Fsp3) is 0.550.